The number of carbonyl (C=O) groups is 3. The highest BCUT2D eigenvalue weighted by molar-refractivity contribution is 7.52. The molecule has 4 N–H and O–H groups in total. The maximum absolute atomic E-state index is 14.3. The minimum Gasteiger partial charge on any atom is -0.369 e. The van der Waals surface area contributed by atoms with Crippen LogP contribution in [0.2, 0.25) is 0 Å². The van der Waals surface area contributed by atoms with Crippen LogP contribution in [0.1, 0.15) is 53.8 Å². The zero-order valence-corrected chi connectivity index (χ0v) is 26.6. The molecule has 4 heterocycles. The number of amides is 3. The first-order chi connectivity index (χ1) is 21.9. The van der Waals surface area contributed by atoms with Crippen LogP contribution in [-0.2, 0) is 19.8 Å². The molecule has 1 saturated carbocycles. The first-order valence-corrected chi connectivity index (χ1v) is 18.0. The highest BCUT2D eigenvalue weighted by atomic mass is 32.1. The van der Waals surface area contributed by atoms with E-state index in [1.54, 1.807) is 4.90 Å². The molecular weight excluding hydrogens is 637 g/mol. The zero-order valence-electron chi connectivity index (χ0n) is 24.9. The SMILES string of the molecule is O=C(N[C@H]1C[C@@H]2C[C@@H]2C[C@H]2CC[C@@H](C(=O)N[C@@H]3CCN(c4ccccc4)C3)N2C1=O)c1cc2cc(C(F)(F)P(=O)(O)O)ccc2s1. The predicted octanol–water partition coefficient (Wildman–Crippen LogP) is 4.41. The Balaban J connectivity index is 1.06. The lowest BCUT2D eigenvalue weighted by molar-refractivity contribution is -0.143. The molecule has 244 valence electrons. The molecule has 3 amide bonds. The van der Waals surface area contributed by atoms with E-state index in [1.807, 2.05) is 30.3 Å². The summed E-state index contributed by atoms with van der Waals surface area (Å²) in [5, 5.41) is 6.31. The van der Waals surface area contributed by atoms with E-state index in [2.05, 4.69) is 15.5 Å². The van der Waals surface area contributed by atoms with Crippen molar-refractivity contribution >= 4 is 52.4 Å². The van der Waals surface area contributed by atoms with E-state index in [4.69, 9.17) is 9.79 Å². The van der Waals surface area contributed by atoms with E-state index < -0.39 is 36.8 Å². The van der Waals surface area contributed by atoms with Crippen molar-refractivity contribution in [2.75, 3.05) is 18.0 Å². The van der Waals surface area contributed by atoms with Crippen LogP contribution in [0.15, 0.2) is 54.6 Å². The molecule has 14 heteroatoms. The quantitative estimate of drug-likeness (QED) is 0.273. The predicted molar refractivity (Wildman–Crippen MR) is 169 cm³/mol. The largest absolute Gasteiger partial charge is 0.399 e. The van der Waals surface area contributed by atoms with Gasteiger partial charge in [-0.05, 0) is 86.1 Å². The molecule has 3 aromatic rings. The van der Waals surface area contributed by atoms with Crippen LogP contribution >= 0.6 is 18.9 Å². The second-order valence-electron chi connectivity index (χ2n) is 13.0. The number of anilines is 1. The van der Waals surface area contributed by atoms with E-state index >= 15 is 0 Å². The molecule has 4 fully saturated rings. The van der Waals surface area contributed by atoms with Crippen molar-refractivity contribution < 1.29 is 37.5 Å². The summed E-state index contributed by atoms with van der Waals surface area (Å²) in [5.41, 5.74) is -4.11. The summed E-state index contributed by atoms with van der Waals surface area (Å²) in [6.07, 6.45) is 4.38. The number of nitrogens with zero attached hydrogens (tertiary/aromatic N) is 2. The van der Waals surface area contributed by atoms with Gasteiger partial charge in [0.05, 0.1) is 4.88 Å². The Morgan fingerprint density at radius 2 is 1.72 bits per heavy atom. The molecule has 10 nitrogen and oxygen atoms in total. The number of nitrogens with one attached hydrogen (secondary N) is 2. The van der Waals surface area contributed by atoms with Crippen molar-refractivity contribution in [1.82, 2.24) is 15.5 Å². The Morgan fingerprint density at radius 3 is 2.48 bits per heavy atom. The number of thiophene rings is 1. The van der Waals surface area contributed by atoms with E-state index in [1.165, 1.54) is 12.1 Å². The third-order valence-electron chi connectivity index (χ3n) is 9.95. The van der Waals surface area contributed by atoms with Crippen LogP contribution in [0, 0.1) is 11.8 Å². The first kappa shape index (κ1) is 31.2. The zero-order chi connectivity index (χ0) is 32.4. The number of hydrogen-bond donors (Lipinski definition) is 4. The van der Waals surface area contributed by atoms with Crippen molar-refractivity contribution in [3.8, 4) is 0 Å². The van der Waals surface area contributed by atoms with Gasteiger partial charge in [0.25, 0.3) is 5.91 Å². The van der Waals surface area contributed by atoms with Gasteiger partial charge in [-0.15, -0.1) is 11.3 Å². The molecule has 0 radical (unpaired) electrons. The van der Waals surface area contributed by atoms with Gasteiger partial charge in [-0.1, -0.05) is 24.3 Å². The van der Waals surface area contributed by atoms with Crippen LogP contribution in [-0.4, -0.2) is 69.7 Å². The number of fused-ring (bicyclic) bond motifs is 3. The standard InChI is InChI=1S/C32H35F2N4O6PS/c33-32(34,45(42,43)44)21-6-9-27-20(13-21)16-28(46-27)30(40)36-25-15-19-12-18(19)14-24-7-8-26(38(24)31(25)41)29(39)35-22-10-11-37(17-22)23-4-2-1-3-5-23/h1-6,9,13,16,18-19,22,24-26H,7-8,10-12,14-15,17H2,(H,35,39)(H,36,40)(H2,42,43,44)/t18-,19+,22-,24-,25+,26+/m1/s1. The number of rotatable bonds is 7. The summed E-state index contributed by atoms with van der Waals surface area (Å²) in [6, 6.07) is 13.1. The molecule has 1 aromatic heterocycles. The van der Waals surface area contributed by atoms with Gasteiger partial charge >= 0.3 is 13.3 Å². The molecule has 2 aromatic carbocycles. The van der Waals surface area contributed by atoms with Gasteiger partial charge in [0.1, 0.15) is 12.1 Å². The average molecular weight is 673 g/mol. The highest BCUT2D eigenvalue weighted by Gasteiger charge is 2.52. The highest BCUT2D eigenvalue weighted by Crippen LogP contribution is 2.59. The molecular formula is C32H35F2N4O6PS. The second kappa shape index (κ2) is 11.7. The molecule has 0 bridgehead atoms. The normalized spacial score (nSPS) is 28.0. The monoisotopic (exact) mass is 672 g/mol. The van der Waals surface area contributed by atoms with Crippen molar-refractivity contribution in [2.45, 2.75) is 68.4 Å². The Kier molecular flexibility index (Phi) is 7.94. The Bertz CT molecular complexity index is 1730. The van der Waals surface area contributed by atoms with Gasteiger partial charge in [-0.25, -0.2) is 0 Å². The van der Waals surface area contributed by atoms with E-state index in [0.29, 0.717) is 35.9 Å². The second-order valence-corrected chi connectivity index (χ2v) is 15.7. The van der Waals surface area contributed by atoms with Gasteiger partial charge in [0.2, 0.25) is 11.8 Å². The van der Waals surface area contributed by atoms with Gasteiger partial charge < -0.3 is 30.2 Å². The Morgan fingerprint density at radius 1 is 0.957 bits per heavy atom. The van der Waals surface area contributed by atoms with Crippen LogP contribution < -0.4 is 15.5 Å². The first-order valence-electron chi connectivity index (χ1n) is 15.6. The minimum absolute atomic E-state index is 0.0324. The third kappa shape index (κ3) is 5.83. The maximum Gasteiger partial charge on any atom is 0.399 e. The number of benzene rings is 2. The topological polar surface area (TPSA) is 139 Å². The summed E-state index contributed by atoms with van der Waals surface area (Å²) >= 11 is 1.04. The van der Waals surface area contributed by atoms with Crippen molar-refractivity contribution in [3.63, 3.8) is 0 Å². The molecule has 46 heavy (non-hydrogen) atoms. The fourth-order valence-corrected chi connectivity index (χ4v) is 8.86. The number of hydrogen-bond acceptors (Lipinski definition) is 6. The minimum atomic E-state index is -5.75. The number of alkyl halides is 2. The summed E-state index contributed by atoms with van der Waals surface area (Å²) in [4.78, 5) is 63.5. The van der Waals surface area contributed by atoms with E-state index in [0.717, 1.165) is 61.4 Å². The molecule has 1 aliphatic carbocycles. The fraction of sp³-hybridized carbons (Fsp3) is 0.469. The van der Waals surface area contributed by atoms with Gasteiger partial charge in [0, 0.05) is 41.1 Å². The van der Waals surface area contributed by atoms with Gasteiger partial charge in [-0.3, -0.25) is 18.9 Å². The van der Waals surface area contributed by atoms with E-state index in [-0.39, 0.29) is 34.2 Å². The molecule has 3 aliphatic heterocycles. The summed E-state index contributed by atoms with van der Waals surface area (Å²) in [7, 11) is -5.75. The average Bonchev–Trinajstić information content (AvgIpc) is 3.39. The molecule has 0 unspecified atom stereocenters. The molecule has 0 spiro atoms. The fourth-order valence-electron chi connectivity index (χ4n) is 7.44. The van der Waals surface area contributed by atoms with Crippen molar-refractivity contribution in [1.29, 1.82) is 0 Å². The molecule has 3 saturated heterocycles. The number of halogens is 2. The van der Waals surface area contributed by atoms with Crippen LogP contribution in [0.4, 0.5) is 14.5 Å². The van der Waals surface area contributed by atoms with Crippen LogP contribution in [0.3, 0.4) is 0 Å². The molecule has 7 rings (SSSR count). The van der Waals surface area contributed by atoms with Crippen LogP contribution in [0.25, 0.3) is 10.1 Å². The summed E-state index contributed by atoms with van der Waals surface area (Å²) in [5.74, 6) is -0.227. The smallest absolute Gasteiger partial charge is 0.369 e. The summed E-state index contributed by atoms with van der Waals surface area (Å²) in [6.45, 7) is 1.52. The Labute approximate surface area is 268 Å². The van der Waals surface area contributed by atoms with E-state index in [9.17, 15) is 27.7 Å². The number of carbonyl (C=O) groups excluding carboxylic acids is 3. The lowest BCUT2D eigenvalue weighted by Crippen LogP contribution is -2.57. The number of para-hydroxylation sites is 1. The van der Waals surface area contributed by atoms with Crippen LogP contribution in [0.5, 0.6) is 0 Å². The third-order valence-corrected chi connectivity index (χ3v) is 12.1. The Hall–Kier alpha value is -3.38. The summed E-state index contributed by atoms with van der Waals surface area (Å²) < 4.78 is 40.4. The molecule has 6 atom stereocenters. The lowest BCUT2D eigenvalue weighted by Gasteiger charge is -2.35. The van der Waals surface area contributed by atoms with Crippen molar-refractivity contribution in [3.05, 3.63) is 65.0 Å². The van der Waals surface area contributed by atoms with Crippen molar-refractivity contribution in [2.24, 2.45) is 11.8 Å². The maximum atomic E-state index is 14.3. The lowest BCUT2D eigenvalue weighted by atomic mass is 9.99. The molecule has 4 aliphatic rings. The van der Waals surface area contributed by atoms with Gasteiger partial charge in [0.15, 0.2) is 0 Å². The van der Waals surface area contributed by atoms with Gasteiger partial charge in [-0.2, -0.15) is 8.78 Å².